The fraction of sp³-hybridized carbons (Fsp3) is 0.211. The van der Waals surface area contributed by atoms with Crippen molar-refractivity contribution in [3.05, 3.63) is 59.9 Å². The lowest BCUT2D eigenvalue weighted by Gasteiger charge is -2.05. The molecule has 1 heterocycles. The number of halogens is 1. The smallest absolute Gasteiger partial charge is 0.230 e. The molecule has 1 aromatic heterocycles. The van der Waals surface area contributed by atoms with Crippen molar-refractivity contribution in [3.8, 4) is 17.1 Å². The van der Waals surface area contributed by atoms with Gasteiger partial charge in [0.15, 0.2) is 5.82 Å². The number of nitrogens with zero attached hydrogens (tertiary/aromatic N) is 2. The van der Waals surface area contributed by atoms with Crippen molar-refractivity contribution in [3.63, 3.8) is 0 Å². The lowest BCUT2D eigenvalue weighted by atomic mass is 10.1. The monoisotopic (exact) mass is 386 g/mol. The zero-order valence-corrected chi connectivity index (χ0v) is 15.6. The number of H-pyrrole nitrogens is 1. The summed E-state index contributed by atoms with van der Waals surface area (Å²) in [5.41, 5.74) is 1.47. The molecule has 2 N–H and O–H groups in total. The van der Waals surface area contributed by atoms with Crippen molar-refractivity contribution in [2.75, 3.05) is 19.4 Å². The van der Waals surface area contributed by atoms with Crippen LogP contribution in [0.3, 0.4) is 0 Å². The molecule has 0 spiro atoms. The number of methoxy groups -OCH3 is 1. The summed E-state index contributed by atoms with van der Waals surface area (Å²) >= 11 is 1.20. The highest BCUT2D eigenvalue weighted by atomic mass is 32.2. The number of hydrogen-bond donors (Lipinski definition) is 2. The Morgan fingerprint density at radius 2 is 2.00 bits per heavy atom. The minimum absolute atomic E-state index is 0.106. The number of thioether (sulfide) groups is 1. The van der Waals surface area contributed by atoms with E-state index < -0.39 is 0 Å². The second-order valence-electron chi connectivity index (χ2n) is 5.68. The van der Waals surface area contributed by atoms with Gasteiger partial charge in [0.1, 0.15) is 11.6 Å². The van der Waals surface area contributed by atoms with Gasteiger partial charge in [0.05, 0.1) is 18.4 Å². The van der Waals surface area contributed by atoms with Crippen LogP contribution in [0.5, 0.6) is 5.75 Å². The summed E-state index contributed by atoms with van der Waals surface area (Å²) in [5, 5.41) is 9.98. The first-order chi connectivity index (χ1) is 13.2. The Bertz CT molecular complexity index is 899. The number of benzene rings is 2. The highest BCUT2D eigenvalue weighted by molar-refractivity contribution is 7.99. The van der Waals surface area contributed by atoms with Gasteiger partial charge in [-0.3, -0.25) is 9.89 Å². The fourth-order valence-electron chi connectivity index (χ4n) is 2.40. The molecule has 0 saturated heterocycles. The SMILES string of the molecule is COc1ccc(CCNC(=O)CSc2n[nH]c(-c3ccccc3F)n2)cc1. The van der Waals surface area contributed by atoms with Crippen LogP contribution in [0.15, 0.2) is 53.7 Å². The van der Waals surface area contributed by atoms with Crippen LogP contribution >= 0.6 is 11.8 Å². The van der Waals surface area contributed by atoms with Crippen LogP contribution in [-0.2, 0) is 11.2 Å². The van der Waals surface area contributed by atoms with Crippen molar-refractivity contribution in [2.24, 2.45) is 0 Å². The maximum absolute atomic E-state index is 13.8. The van der Waals surface area contributed by atoms with E-state index in [1.54, 1.807) is 25.3 Å². The number of carbonyl (C=O) groups excluding carboxylic acids is 1. The maximum atomic E-state index is 13.8. The molecule has 0 saturated carbocycles. The van der Waals surface area contributed by atoms with Gasteiger partial charge >= 0.3 is 0 Å². The predicted octanol–water partition coefficient (Wildman–Crippen LogP) is 3.07. The van der Waals surface area contributed by atoms with Crippen molar-refractivity contribution >= 4 is 17.7 Å². The first-order valence-electron chi connectivity index (χ1n) is 8.35. The van der Waals surface area contributed by atoms with E-state index >= 15 is 0 Å². The van der Waals surface area contributed by atoms with Gasteiger partial charge < -0.3 is 10.1 Å². The van der Waals surface area contributed by atoms with Gasteiger partial charge in [0, 0.05) is 6.54 Å². The first-order valence-corrected chi connectivity index (χ1v) is 9.34. The Kier molecular flexibility index (Phi) is 6.43. The molecular weight excluding hydrogens is 367 g/mol. The van der Waals surface area contributed by atoms with E-state index in [4.69, 9.17) is 4.74 Å². The minimum Gasteiger partial charge on any atom is -0.497 e. The Balaban J connectivity index is 1.43. The summed E-state index contributed by atoms with van der Waals surface area (Å²) in [6.07, 6.45) is 0.735. The number of rotatable bonds is 8. The molecule has 6 nitrogen and oxygen atoms in total. The summed E-state index contributed by atoms with van der Waals surface area (Å²) in [6, 6.07) is 14.0. The van der Waals surface area contributed by atoms with Gasteiger partial charge in [-0.15, -0.1) is 5.10 Å². The van der Waals surface area contributed by atoms with Crippen LogP contribution in [0.25, 0.3) is 11.4 Å². The third kappa shape index (κ3) is 5.30. The van der Waals surface area contributed by atoms with Gasteiger partial charge in [-0.05, 0) is 36.2 Å². The highest BCUT2D eigenvalue weighted by Crippen LogP contribution is 2.21. The van der Waals surface area contributed by atoms with Crippen LogP contribution in [0.2, 0.25) is 0 Å². The summed E-state index contributed by atoms with van der Waals surface area (Å²) in [4.78, 5) is 16.2. The fourth-order valence-corrected chi connectivity index (χ4v) is 3.03. The largest absolute Gasteiger partial charge is 0.497 e. The average molecular weight is 386 g/mol. The molecule has 0 atom stereocenters. The molecule has 8 heteroatoms. The number of aromatic amines is 1. The Labute approximate surface area is 160 Å². The minimum atomic E-state index is -0.374. The summed E-state index contributed by atoms with van der Waals surface area (Å²) in [5.74, 6) is 0.861. The van der Waals surface area contributed by atoms with Crippen LogP contribution in [0.1, 0.15) is 5.56 Å². The molecule has 0 bridgehead atoms. The predicted molar refractivity (Wildman–Crippen MR) is 102 cm³/mol. The summed E-state index contributed by atoms with van der Waals surface area (Å²) < 4.78 is 18.9. The molecule has 0 unspecified atom stereocenters. The van der Waals surface area contributed by atoms with Crippen molar-refractivity contribution < 1.29 is 13.9 Å². The van der Waals surface area contributed by atoms with Gasteiger partial charge in [-0.25, -0.2) is 9.37 Å². The summed E-state index contributed by atoms with van der Waals surface area (Å²) in [7, 11) is 1.63. The van der Waals surface area contributed by atoms with E-state index in [-0.39, 0.29) is 17.5 Å². The molecule has 1 amide bonds. The molecule has 27 heavy (non-hydrogen) atoms. The van der Waals surface area contributed by atoms with Crippen molar-refractivity contribution in [1.82, 2.24) is 20.5 Å². The lowest BCUT2D eigenvalue weighted by molar-refractivity contribution is -0.118. The third-order valence-corrected chi connectivity index (χ3v) is 4.67. The van der Waals surface area contributed by atoms with Crippen LogP contribution < -0.4 is 10.1 Å². The topological polar surface area (TPSA) is 79.9 Å². The Hall–Kier alpha value is -2.87. The second-order valence-corrected chi connectivity index (χ2v) is 6.63. The number of hydrogen-bond acceptors (Lipinski definition) is 5. The molecule has 0 fully saturated rings. The van der Waals surface area contributed by atoms with Gasteiger partial charge in [-0.2, -0.15) is 0 Å². The molecule has 0 aliphatic carbocycles. The Morgan fingerprint density at radius 3 is 2.74 bits per heavy atom. The second kappa shape index (κ2) is 9.18. The van der Waals surface area contributed by atoms with Gasteiger partial charge in [0.25, 0.3) is 0 Å². The number of aromatic nitrogens is 3. The van der Waals surface area contributed by atoms with E-state index in [0.29, 0.717) is 23.1 Å². The third-order valence-electron chi connectivity index (χ3n) is 3.82. The lowest BCUT2D eigenvalue weighted by Crippen LogP contribution is -2.27. The molecule has 0 radical (unpaired) electrons. The van der Waals surface area contributed by atoms with Gasteiger partial charge in [-0.1, -0.05) is 36.0 Å². The van der Waals surface area contributed by atoms with E-state index in [1.165, 1.54) is 17.8 Å². The molecule has 2 aromatic carbocycles. The van der Waals surface area contributed by atoms with E-state index in [2.05, 4.69) is 20.5 Å². The molecule has 3 rings (SSSR count). The summed E-state index contributed by atoms with van der Waals surface area (Å²) in [6.45, 7) is 0.542. The van der Waals surface area contributed by atoms with Crippen molar-refractivity contribution in [1.29, 1.82) is 0 Å². The first kappa shape index (κ1) is 18.9. The maximum Gasteiger partial charge on any atom is 0.230 e. The van der Waals surface area contributed by atoms with E-state index in [1.807, 2.05) is 24.3 Å². The molecule has 0 aliphatic heterocycles. The normalized spacial score (nSPS) is 10.6. The van der Waals surface area contributed by atoms with Crippen LogP contribution in [-0.4, -0.2) is 40.5 Å². The molecule has 3 aromatic rings. The average Bonchev–Trinajstić information content (AvgIpc) is 3.16. The zero-order valence-electron chi connectivity index (χ0n) is 14.7. The zero-order chi connectivity index (χ0) is 19.1. The van der Waals surface area contributed by atoms with Crippen molar-refractivity contribution in [2.45, 2.75) is 11.6 Å². The number of amides is 1. The number of nitrogens with one attached hydrogen (secondary N) is 2. The molecule has 0 aliphatic rings. The Morgan fingerprint density at radius 1 is 1.22 bits per heavy atom. The van der Waals surface area contributed by atoms with Crippen LogP contribution in [0.4, 0.5) is 4.39 Å². The molecule has 140 valence electrons. The van der Waals surface area contributed by atoms with Gasteiger partial charge in [0.2, 0.25) is 11.1 Å². The number of carbonyl (C=O) groups is 1. The standard InChI is InChI=1S/C19H19FN4O2S/c1-26-14-8-6-13(7-9-14)10-11-21-17(25)12-27-19-22-18(23-24-19)15-4-2-3-5-16(15)20/h2-9H,10-12H2,1H3,(H,21,25)(H,22,23,24). The van der Waals surface area contributed by atoms with E-state index in [9.17, 15) is 9.18 Å². The molecular formula is C19H19FN4O2S. The highest BCUT2D eigenvalue weighted by Gasteiger charge is 2.11. The van der Waals surface area contributed by atoms with Crippen LogP contribution in [0, 0.1) is 5.82 Å². The van der Waals surface area contributed by atoms with E-state index in [0.717, 1.165) is 17.7 Å². The quantitative estimate of drug-likeness (QED) is 0.582. The number of ether oxygens (including phenoxy) is 1.